The van der Waals surface area contributed by atoms with Crippen molar-refractivity contribution >= 4 is 12.7 Å². The van der Waals surface area contributed by atoms with E-state index in [-0.39, 0.29) is 6.41 Å². The number of hydrogen-bond acceptors (Lipinski definition) is 2. The van der Waals surface area contributed by atoms with E-state index in [1.807, 2.05) is 0 Å². The van der Waals surface area contributed by atoms with Gasteiger partial charge in [-0.05, 0) is 13.0 Å². The first-order valence-electron chi connectivity index (χ1n) is 2.05. The molecule has 0 aliphatic carbocycles. The van der Waals surface area contributed by atoms with Crippen LogP contribution in [0.25, 0.3) is 0 Å². The molecule has 0 atom stereocenters. The van der Waals surface area contributed by atoms with Gasteiger partial charge in [-0.25, -0.2) is 0 Å². The van der Waals surface area contributed by atoms with Gasteiger partial charge in [-0.1, -0.05) is 6.08 Å². The Balaban J connectivity index is 0. The van der Waals surface area contributed by atoms with Gasteiger partial charge in [-0.2, -0.15) is 0 Å². The second-order valence-electron chi connectivity index (χ2n) is 0.798. The standard InChI is InChI=1S/C4H6O.CH3NO/c1-2-3-4-5;2-1-3/h2-4H,1H3;1H,(H2,2,3)/b3-2+;. The van der Waals surface area contributed by atoms with Crippen LogP contribution in [0.5, 0.6) is 0 Å². The van der Waals surface area contributed by atoms with Crippen molar-refractivity contribution in [1.82, 2.24) is 0 Å². The van der Waals surface area contributed by atoms with Crippen LogP contribution in [0.15, 0.2) is 12.2 Å². The van der Waals surface area contributed by atoms with Gasteiger partial charge < -0.3 is 5.73 Å². The van der Waals surface area contributed by atoms with Crippen LogP contribution in [0.3, 0.4) is 0 Å². The van der Waals surface area contributed by atoms with Gasteiger partial charge >= 0.3 is 0 Å². The largest absolute Gasteiger partial charge is 0.372 e. The Morgan fingerprint density at radius 2 is 1.75 bits per heavy atom. The van der Waals surface area contributed by atoms with E-state index in [0.717, 1.165) is 6.29 Å². The molecule has 0 aliphatic rings. The Hall–Kier alpha value is -1.12. The number of aldehydes is 1. The van der Waals surface area contributed by atoms with Crippen molar-refractivity contribution in [1.29, 1.82) is 0 Å². The van der Waals surface area contributed by atoms with E-state index in [1.165, 1.54) is 6.08 Å². The second-order valence-corrected chi connectivity index (χ2v) is 0.798. The van der Waals surface area contributed by atoms with E-state index in [1.54, 1.807) is 13.0 Å². The molecule has 0 bridgehead atoms. The second kappa shape index (κ2) is 16.9. The Morgan fingerprint density at radius 1 is 1.38 bits per heavy atom. The summed E-state index contributed by atoms with van der Waals surface area (Å²) < 4.78 is 0. The van der Waals surface area contributed by atoms with Crippen molar-refractivity contribution in [2.75, 3.05) is 0 Å². The van der Waals surface area contributed by atoms with E-state index in [9.17, 15) is 4.79 Å². The highest BCUT2D eigenvalue weighted by molar-refractivity contribution is 5.64. The number of nitrogens with two attached hydrogens (primary N) is 1. The minimum absolute atomic E-state index is 0.250. The first-order chi connectivity index (χ1) is 3.83. The van der Waals surface area contributed by atoms with E-state index in [2.05, 4.69) is 5.73 Å². The number of primary amides is 1. The molecule has 3 heteroatoms. The normalized spacial score (nSPS) is 7.12. The summed E-state index contributed by atoms with van der Waals surface area (Å²) in [6.45, 7) is 1.80. The van der Waals surface area contributed by atoms with E-state index in [0.29, 0.717) is 0 Å². The number of allylic oxidation sites excluding steroid dienone is 2. The van der Waals surface area contributed by atoms with Crippen molar-refractivity contribution in [3.63, 3.8) is 0 Å². The maximum absolute atomic E-state index is 9.32. The van der Waals surface area contributed by atoms with Crippen molar-refractivity contribution in [2.24, 2.45) is 5.73 Å². The zero-order chi connectivity index (χ0) is 6.83. The maximum Gasteiger partial charge on any atom is 0.204 e. The minimum Gasteiger partial charge on any atom is -0.372 e. The average molecular weight is 115 g/mol. The maximum atomic E-state index is 9.32. The van der Waals surface area contributed by atoms with E-state index >= 15 is 0 Å². The first kappa shape index (κ1) is 9.99. The number of rotatable bonds is 1. The van der Waals surface area contributed by atoms with Gasteiger partial charge in [0.25, 0.3) is 0 Å². The van der Waals surface area contributed by atoms with Crippen molar-refractivity contribution in [3.8, 4) is 0 Å². The molecular weight excluding hydrogens is 106 g/mol. The molecule has 0 aromatic heterocycles. The molecule has 0 unspecified atom stereocenters. The fourth-order valence-electron chi connectivity index (χ4n) is 0.0786. The number of amides is 1. The third-order valence-corrected chi connectivity index (χ3v) is 0.271. The lowest BCUT2D eigenvalue weighted by Gasteiger charge is -1.51. The molecule has 0 rings (SSSR count). The Morgan fingerprint density at radius 3 is 1.75 bits per heavy atom. The SMILES string of the molecule is C/C=C/C=O.NC=O. The van der Waals surface area contributed by atoms with Gasteiger partial charge in [-0.3, -0.25) is 9.59 Å². The van der Waals surface area contributed by atoms with Gasteiger partial charge in [0, 0.05) is 0 Å². The van der Waals surface area contributed by atoms with E-state index in [4.69, 9.17) is 4.79 Å². The molecule has 8 heavy (non-hydrogen) atoms. The molecule has 0 heterocycles. The Bertz CT molecular complexity index is 78.5. The van der Waals surface area contributed by atoms with Crippen molar-refractivity contribution in [2.45, 2.75) is 6.92 Å². The molecule has 0 saturated heterocycles. The molecule has 0 aromatic rings. The molecule has 0 fully saturated rings. The van der Waals surface area contributed by atoms with Crippen molar-refractivity contribution < 1.29 is 9.59 Å². The summed E-state index contributed by atoms with van der Waals surface area (Å²) in [7, 11) is 0. The number of carbonyl (C=O) groups excluding carboxylic acids is 2. The zero-order valence-electron chi connectivity index (χ0n) is 4.70. The van der Waals surface area contributed by atoms with Crippen LogP contribution in [-0.4, -0.2) is 12.7 Å². The fourth-order valence-corrected chi connectivity index (χ4v) is 0.0786. The molecule has 46 valence electrons. The zero-order valence-corrected chi connectivity index (χ0v) is 4.70. The lowest BCUT2D eigenvalue weighted by atomic mass is 10.6. The van der Waals surface area contributed by atoms with Gasteiger partial charge in [-0.15, -0.1) is 0 Å². The molecule has 2 N–H and O–H groups in total. The highest BCUT2D eigenvalue weighted by Crippen LogP contribution is 1.55. The lowest BCUT2D eigenvalue weighted by molar-refractivity contribution is -0.107. The monoisotopic (exact) mass is 115 g/mol. The smallest absolute Gasteiger partial charge is 0.204 e. The molecule has 0 spiro atoms. The molecule has 0 radical (unpaired) electrons. The predicted octanol–water partition coefficient (Wildman–Crippen LogP) is -0.137. The molecule has 1 amide bonds. The minimum atomic E-state index is 0.250. The highest BCUT2D eigenvalue weighted by Gasteiger charge is 1.48. The number of carbonyl (C=O) groups is 2. The fraction of sp³-hybridized carbons (Fsp3) is 0.200. The summed E-state index contributed by atoms with van der Waals surface area (Å²) in [5, 5.41) is 0. The summed E-state index contributed by atoms with van der Waals surface area (Å²) in [6.07, 6.45) is 4.13. The quantitative estimate of drug-likeness (QED) is 0.382. The lowest BCUT2D eigenvalue weighted by Crippen LogP contribution is -1.82. The summed E-state index contributed by atoms with van der Waals surface area (Å²) in [5.74, 6) is 0. The molecule has 3 nitrogen and oxygen atoms in total. The first-order valence-corrected chi connectivity index (χ1v) is 2.05. The molecule has 0 saturated carbocycles. The van der Waals surface area contributed by atoms with Gasteiger partial charge in [0.05, 0.1) is 0 Å². The van der Waals surface area contributed by atoms with Crippen LogP contribution in [-0.2, 0) is 9.59 Å². The molecule has 0 aliphatic heterocycles. The summed E-state index contributed by atoms with van der Waals surface area (Å²) in [4.78, 5) is 17.9. The van der Waals surface area contributed by atoms with Crippen molar-refractivity contribution in [3.05, 3.63) is 12.2 Å². The van der Waals surface area contributed by atoms with Crippen LogP contribution in [0, 0.1) is 0 Å². The highest BCUT2D eigenvalue weighted by atomic mass is 16.1. The average Bonchev–Trinajstić information content (AvgIpc) is 1.71. The van der Waals surface area contributed by atoms with Crippen LogP contribution >= 0.6 is 0 Å². The summed E-state index contributed by atoms with van der Waals surface area (Å²) >= 11 is 0. The topological polar surface area (TPSA) is 60.2 Å². The summed E-state index contributed by atoms with van der Waals surface area (Å²) in [6, 6.07) is 0. The van der Waals surface area contributed by atoms with Crippen LogP contribution < -0.4 is 5.73 Å². The Kier molecular flexibility index (Phi) is 21.1. The van der Waals surface area contributed by atoms with Gasteiger partial charge in [0.15, 0.2) is 0 Å². The molecule has 0 aromatic carbocycles. The van der Waals surface area contributed by atoms with E-state index < -0.39 is 0 Å². The summed E-state index contributed by atoms with van der Waals surface area (Å²) in [5.41, 5.74) is 4.17. The number of hydrogen-bond donors (Lipinski definition) is 1. The third-order valence-electron chi connectivity index (χ3n) is 0.271. The van der Waals surface area contributed by atoms with Gasteiger partial charge in [0.1, 0.15) is 6.29 Å². The molecular formula is C5H9NO2. The third kappa shape index (κ3) is 94.9. The predicted molar refractivity (Wildman–Crippen MR) is 31.1 cm³/mol. The van der Waals surface area contributed by atoms with Crippen LogP contribution in [0.1, 0.15) is 6.92 Å². The van der Waals surface area contributed by atoms with Crippen LogP contribution in [0.4, 0.5) is 0 Å². The van der Waals surface area contributed by atoms with Gasteiger partial charge in [0.2, 0.25) is 6.41 Å². The van der Waals surface area contributed by atoms with Crippen LogP contribution in [0.2, 0.25) is 0 Å². The Labute approximate surface area is 48.2 Å².